The number of nitrogens with zero attached hydrogens (tertiary/aromatic N) is 2. The highest BCUT2D eigenvalue weighted by Gasteiger charge is 2.13. The number of sulfonamides is 1. The van der Waals surface area contributed by atoms with Gasteiger partial charge in [0.1, 0.15) is 0 Å². The highest BCUT2D eigenvalue weighted by Crippen LogP contribution is 2.11. The van der Waals surface area contributed by atoms with Gasteiger partial charge in [0.05, 0.1) is 11.3 Å². The molecule has 0 bridgehead atoms. The van der Waals surface area contributed by atoms with Crippen LogP contribution in [0, 0.1) is 0 Å². The van der Waals surface area contributed by atoms with Gasteiger partial charge in [0, 0.05) is 6.20 Å². The van der Waals surface area contributed by atoms with Crippen molar-refractivity contribution < 1.29 is 18.3 Å². The Labute approximate surface area is 115 Å². The first kappa shape index (κ1) is 13.9. The Balaban J connectivity index is 2.10. The van der Waals surface area contributed by atoms with E-state index in [1.807, 2.05) is 0 Å². The number of benzene rings is 1. The quantitative estimate of drug-likeness (QED) is 0.854. The molecule has 0 fully saturated rings. The third-order valence-electron chi connectivity index (χ3n) is 2.39. The zero-order chi connectivity index (χ0) is 14.6. The third-order valence-corrected chi connectivity index (χ3v) is 3.62. The van der Waals surface area contributed by atoms with E-state index in [1.54, 1.807) is 6.07 Å². The van der Waals surface area contributed by atoms with Crippen LogP contribution in [0.25, 0.3) is 0 Å². The van der Waals surface area contributed by atoms with Crippen LogP contribution in [-0.4, -0.2) is 29.7 Å². The molecule has 0 saturated heterocycles. The summed E-state index contributed by atoms with van der Waals surface area (Å²) in [7, 11) is -3.62. The summed E-state index contributed by atoms with van der Waals surface area (Å²) in [5.41, 5.74) is 0.583. The maximum Gasteiger partial charge on any atom is 0.335 e. The van der Waals surface area contributed by atoms with Gasteiger partial charge in [0.25, 0.3) is 0 Å². The Morgan fingerprint density at radius 1 is 1.20 bits per heavy atom. The van der Waals surface area contributed by atoms with Crippen LogP contribution < -0.4 is 4.72 Å². The lowest BCUT2D eigenvalue weighted by atomic mass is 10.1. The molecule has 0 aliphatic heterocycles. The monoisotopic (exact) mass is 293 g/mol. The van der Waals surface area contributed by atoms with E-state index in [2.05, 4.69) is 14.9 Å². The molecule has 0 unspecified atom stereocenters. The van der Waals surface area contributed by atoms with Crippen molar-refractivity contribution in [2.75, 3.05) is 4.72 Å². The van der Waals surface area contributed by atoms with Gasteiger partial charge in [-0.05, 0) is 29.8 Å². The van der Waals surface area contributed by atoms with Crippen LogP contribution in [0.3, 0.4) is 0 Å². The lowest BCUT2D eigenvalue weighted by molar-refractivity contribution is 0.0697. The van der Waals surface area contributed by atoms with Crippen LogP contribution in [0.4, 0.5) is 5.82 Å². The molecule has 0 saturated carbocycles. The standard InChI is InChI=1S/C12H11N3O4S/c16-12(17)10-5-3-9(4-6-10)8-20(18,19)15-11-2-1-7-13-14-11/h1-7H,8H2,(H,14,15)(H,16,17). The van der Waals surface area contributed by atoms with Gasteiger partial charge in [-0.1, -0.05) is 12.1 Å². The van der Waals surface area contributed by atoms with Crippen LogP contribution in [0.2, 0.25) is 0 Å². The molecule has 0 radical (unpaired) electrons. The summed E-state index contributed by atoms with van der Waals surface area (Å²) in [6.07, 6.45) is 1.43. The van der Waals surface area contributed by atoms with Crippen LogP contribution in [0.1, 0.15) is 15.9 Å². The van der Waals surface area contributed by atoms with Gasteiger partial charge in [0.15, 0.2) is 5.82 Å². The number of carboxylic acid groups (broad SMARTS) is 1. The lowest BCUT2D eigenvalue weighted by Gasteiger charge is -2.06. The molecule has 0 spiro atoms. The van der Waals surface area contributed by atoms with E-state index in [0.717, 1.165) is 0 Å². The molecule has 0 atom stereocenters. The number of nitrogens with one attached hydrogen (secondary N) is 1. The van der Waals surface area contributed by atoms with Crippen molar-refractivity contribution in [3.63, 3.8) is 0 Å². The number of anilines is 1. The van der Waals surface area contributed by atoms with Crippen molar-refractivity contribution >= 4 is 21.8 Å². The summed E-state index contributed by atoms with van der Waals surface area (Å²) in [6.45, 7) is 0. The third kappa shape index (κ3) is 3.75. The first-order valence-electron chi connectivity index (χ1n) is 5.57. The maximum atomic E-state index is 11.9. The van der Waals surface area contributed by atoms with Gasteiger partial charge in [-0.25, -0.2) is 13.2 Å². The number of hydrogen-bond acceptors (Lipinski definition) is 5. The van der Waals surface area contributed by atoms with E-state index >= 15 is 0 Å². The van der Waals surface area contributed by atoms with Crippen molar-refractivity contribution in [1.82, 2.24) is 10.2 Å². The predicted octanol–water partition coefficient (Wildman–Crippen LogP) is 1.12. The molecule has 0 aliphatic carbocycles. The minimum absolute atomic E-state index is 0.105. The fourth-order valence-corrected chi connectivity index (χ4v) is 2.65. The Hall–Kier alpha value is -2.48. The first-order valence-corrected chi connectivity index (χ1v) is 7.22. The second-order valence-electron chi connectivity index (χ2n) is 3.97. The average Bonchev–Trinajstić information content (AvgIpc) is 2.39. The largest absolute Gasteiger partial charge is 0.478 e. The van der Waals surface area contributed by atoms with E-state index in [0.29, 0.717) is 5.56 Å². The zero-order valence-corrected chi connectivity index (χ0v) is 11.0. The Morgan fingerprint density at radius 3 is 2.45 bits per heavy atom. The lowest BCUT2D eigenvalue weighted by Crippen LogP contribution is -2.16. The van der Waals surface area contributed by atoms with Gasteiger partial charge < -0.3 is 5.11 Å². The summed E-state index contributed by atoms with van der Waals surface area (Å²) in [5, 5.41) is 15.9. The van der Waals surface area contributed by atoms with E-state index in [4.69, 9.17) is 5.11 Å². The molecule has 0 amide bonds. The molecule has 2 N–H and O–H groups in total. The van der Waals surface area contributed by atoms with E-state index in [1.165, 1.54) is 36.5 Å². The number of rotatable bonds is 5. The highest BCUT2D eigenvalue weighted by molar-refractivity contribution is 7.91. The molecule has 2 rings (SSSR count). The van der Waals surface area contributed by atoms with Crippen LogP contribution in [0.5, 0.6) is 0 Å². The van der Waals surface area contributed by atoms with Crippen molar-refractivity contribution in [2.24, 2.45) is 0 Å². The molecule has 2 aromatic rings. The minimum atomic E-state index is -3.62. The molecule has 0 aliphatic rings. The van der Waals surface area contributed by atoms with Crippen molar-refractivity contribution in [1.29, 1.82) is 0 Å². The molecular formula is C12H11N3O4S. The Bertz CT molecular complexity index is 699. The number of hydrogen-bond donors (Lipinski definition) is 2. The summed E-state index contributed by atoms with van der Waals surface area (Å²) in [5.74, 6) is -1.20. The summed E-state index contributed by atoms with van der Waals surface area (Å²) < 4.78 is 26.1. The molecule has 104 valence electrons. The minimum Gasteiger partial charge on any atom is -0.478 e. The fourth-order valence-electron chi connectivity index (χ4n) is 1.51. The number of carboxylic acids is 1. The molecule has 20 heavy (non-hydrogen) atoms. The normalized spacial score (nSPS) is 11.0. The number of carbonyl (C=O) groups is 1. The topological polar surface area (TPSA) is 109 Å². The molecule has 1 aromatic heterocycles. The Kier molecular flexibility index (Phi) is 3.94. The maximum absolute atomic E-state index is 11.9. The summed E-state index contributed by atoms with van der Waals surface area (Å²) >= 11 is 0. The van der Waals surface area contributed by atoms with Crippen LogP contribution in [0.15, 0.2) is 42.6 Å². The van der Waals surface area contributed by atoms with E-state index < -0.39 is 16.0 Å². The first-order chi connectivity index (χ1) is 9.46. The van der Waals surface area contributed by atoms with E-state index in [-0.39, 0.29) is 17.1 Å². The van der Waals surface area contributed by atoms with E-state index in [9.17, 15) is 13.2 Å². The SMILES string of the molecule is O=C(O)c1ccc(CS(=O)(=O)Nc2cccnn2)cc1. The number of aromatic carboxylic acids is 1. The summed E-state index contributed by atoms with van der Waals surface area (Å²) in [6, 6.07) is 8.67. The molecule has 1 heterocycles. The molecule has 1 aromatic carbocycles. The van der Waals surface area contributed by atoms with Gasteiger partial charge >= 0.3 is 5.97 Å². The molecule has 7 nitrogen and oxygen atoms in total. The van der Waals surface area contributed by atoms with Gasteiger partial charge in [-0.2, -0.15) is 5.10 Å². The van der Waals surface area contributed by atoms with Crippen molar-refractivity contribution in [2.45, 2.75) is 5.75 Å². The number of aromatic nitrogens is 2. The van der Waals surface area contributed by atoms with Crippen LogP contribution in [-0.2, 0) is 15.8 Å². The van der Waals surface area contributed by atoms with Gasteiger partial charge in [0.2, 0.25) is 10.0 Å². The predicted molar refractivity (Wildman–Crippen MR) is 71.7 cm³/mol. The van der Waals surface area contributed by atoms with Gasteiger partial charge in [-0.15, -0.1) is 5.10 Å². The zero-order valence-electron chi connectivity index (χ0n) is 10.2. The second kappa shape index (κ2) is 5.66. The Morgan fingerprint density at radius 2 is 1.90 bits per heavy atom. The molecule has 8 heteroatoms. The average molecular weight is 293 g/mol. The summed E-state index contributed by atoms with van der Waals surface area (Å²) in [4.78, 5) is 10.7. The molecular weight excluding hydrogens is 282 g/mol. The smallest absolute Gasteiger partial charge is 0.335 e. The van der Waals surface area contributed by atoms with Crippen molar-refractivity contribution in [3.8, 4) is 0 Å². The fraction of sp³-hybridized carbons (Fsp3) is 0.0833. The van der Waals surface area contributed by atoms with Crippen LogP contribution >= 0.6 is 0 Å². The van der Waals surface area contributed by atoms with Gasteiger partial charge in [-0.3, -0.25) is 4.72 Å². The highest BCUT2D eigenvalue weighted by atomic mass is 32.2. The van der Waals surface area contributed by atoms with Crippen molar-refractivity contribution in [3.05, 3.63) is 53.7 Å². The second-order valence-corrected chi connectivity index (χ2v) is 5.69.